The molecule has 0 aliphatic heterocycles. The molecule has 1 atom stereocenters. The minimum atomic E-state index is -0.0488. The molecule has 0 aromatic carbocycles. The summed E-state index contributed by atoms with van der Waals surface area (Å²) in [4.78, 5) is 4.35. The van der Waals surface area contributed by atoms with E-state index >= 15 is 0 Å². The lowest BCUT2D eigenvalue weighted by Gasteiger charge is -2.11. The summed E-state index contributed by atoms with van der Waals surface area (Å²) in [5.74, 6) is 0.890. The molecule has 0 saturated carbocycles. The lowest BCUT2D eigenvalue weighted by molar-refractivity contribution is 0.523. The second-order valence-electron chi connectivity index (χ2n) is 4.01. The van der Waals surface area contributed by atoms with Crippen molar-refractivity contribution in [2.24, 2.45) is 5.73 Å². The number of nitrogens with zero attached hydrogens (tertiary/aromatic N) is 1. The summed E-state index contributed by atoms with van der Waals surface area (Å²) in [6.45, 7) is 3.98. The second-order valence-corrected chi connectivity index (χ2v) is 4.01. The highest BCUT2D eigenvalue weighted by Gasteiger charge is 2.13. The van der Waals surface area contributed by atoms with Crippen LogP contribution in [0.4, 0.5) is 0 Å². The smallest absolute Gasteiger partial charge is 0.105 e. The van der Waals surface area contributed by atoms with Crippen molar-refractivity contribution in [1.29, 1.82) is 0 Å². The summed E-state index contributed by atoms with van der Waals surface area (Å²) in [5.41, 5.74) is 9.43. The Morgan fingerprint density at radius 2 is 2.19 bits per heavy atom. The fraction of sp³-hybridized carbons (Fsp3) is 0.308. The van der Waals surface area contributed by atoms with E-state index < -0.39 is 0 Å². The van der Waals surface area contributed by atoms with Gasteiger partial charge in [-0.3, -0.25) is 4.98 Å². The van der Waals surface area contributed by atoms with Gasteiger partial charge in [-0.1, -0.05) is 6.07 Å². The van der Waals surface area contributed by atoms with Crippen LogP contribution in [0.5, 0.6) is 0 Å². The Bertz CT molecular complexity index is 476. The molecule has 0 amide bonds. The van der Waals surface area contributed by atoms with E-state index in [4.69, 9.17) is 10.2 Å². The molecule has 2 aromatic rings. The first kappa shape index (κ1) is 10.9. The quantitative estimate of drug-likeness (QED) is 0.857. The van der Waals surface area contributed by atoms with Crippen LogP contribution < -0.4 is 5.73 Å². The number of hydrogen-bond acceptors (Lipinski definition) is 3. The molecule has 3 heteroatoms. The Morgan fingerprint density at radius 1 is 1.38 bits per heavy atom. The molecule has 0 spiro atoms. The van der Waals surface area contributed by atoms with Crippen LogP contribution in [0.2, 0.25) is 0 Å². The third kappa shape index (κ3) is 2.14. The van der Waals surface area contributed by atoms with Gasteiger partial charge in [0.1, 0.15) is 5.76 Å². The summed E-state index contributed by atoms with van der Waals surface area (Å²) in [7, 11) is 0. The van der Waals surface area contributed by atoms with Gasteiger partial charge in [-0.25, -0.2) is 0 Å². The number of aryl methyl sites for hydroxylation is 2. The Labute approximate surface area is 95.3 Å². The van der Waals surface area contributed by atoms with Crippen molar-refractivity contribution in [3.05, 3.63) is 53.2 Å². The van der Waals surface area contributed by atoms with Gasteiger partial charge >= 0.3 is 0 Å². The summed E-state index contributed by atoms with van der Waals surface area (Å²) in [5, 5.41) is 0. The van der Waals surface area contributed by atoms with Crippen LogP contribution in [0.1, 0.15) is 28.6 Å². The lowest BCUT2D eigenvalue weighted by atomic mass is 10.0. The molecule has 2 rings (SSSR count). The first-order chi connectivity index (χ1) is 7.68. The van der Waals surface area contributed by atoms with Crippen molar-refractivity contribution in [3.8, 4) is 0 Å². The molecule has 0 fully saturated rings. The number of aromatic nitrogens is 1. The van der Waals surface area contributed by atoms with E-state index in [1.165, 1.54) is 5.56 Å². The highest BCUT2D eigenvalue weighted by atomic mass is 16.3. The molecule has 2 aromatic heterocycles. The molecule has 0 radical (unpaired) electrons. The van der Waals surface area contributed by atoms with Gasteiger partial charge in [-0.2, -0.15) is 0 Å². The van der Waals surface area contributed by atoms with E-state index in [0.717, 1.165) is 23.4 Å². The van der Waals surface area contributed by atoms with Crippen molar-refractivity contribution in [1.82, 2.24) is 4.98 Å². The van der Waals surface area contributed by atoms with Gasteiger partial charge in [0.05, 0.1) is 6.26 Å². The van der Waals surface area contributed by atoms with E-state index in [2.05, 4.69) is 18.0 Å². The van der Waals surface area contributed by atoms with Gasteiger partial charge in [0.15, 0.2) is 0 Å². The van der Waals surface area contributed by atoms with Crippen molar-refractivity contribution in [3.63, 3.8) is 0 Å². The minimum Gasteiger partial charge on any atom is -0.469 e. The maximum atomic E-state index is 6.14. The zero-order valence-corrected chi connectivity index (χ0v) is 9.60. The SMILES string of the molecule is Cc1cccnc1CC(N)c1ccoc1C. The Hall–Kier alpha value is -1.61. The summed E-state index contributed by atoms with van der Waals surface area (Å²) < 4.78 is 5.25. The lowest BCUT2D eigenvalue weighted by Crippen LogP contribution is -2.15. The highest BCUT2D eigenvalue weighted by molar-refractivity contribution is 5.24. The fourth-order valence-electron chi connectivity index (χ4n) is 1.83. The molecular formula is C13H16N2O. The third-order valence-electron chi connectivity index (χ3n) is 2.83. The van der Waals surface area contributed by atoms with Crippen molar-refractivity contribution < 1.29 is 4.42 Å². The molecule has 3 nitrogen and oxygen atoms in total. The van der Waals surface area contributed by atoms with Gasteiger partial charge in [-0.05, 0) is 31.5 Å². The van der Waals surface area contributed by atoms with Gasteiger partial charge in [-0.15, -0.1) is 0 Å². The number of furan rings is 1. The molecule has 84 valence electrons. The normalized spacial score (nSPS) is 12.7. The molecule has 2 heterocycles. The second kappa shape index (κ2) is 4.49. The Morgan fingerprint density at radius 3 is 2.81 bits per heavy atom. The van der Waals surface area contributed by atoms with Crippen LogP contribution in [0, 0.1) is 13.8 Å². The van der Waals surface area contributed by atoms with Crippen LogP contribution in [0.15, 0.2) is 35.1 Å². The third-order valence-corrected chi connectivity index (χ3v) is 2.83. The van der Waals surface area contributed by atoms with Gasteiger partial charge < -0.3 is 10.2 Å². The molecule has 0 aliphatic rings. The average molecular weight is 216 g/mol. The predicted molar refractivity (Wildman–Crippen MR) is 63.1 cm³/mol. The molecule has 1 unspecified atom stereocenters. The fourth-order valence-corrected chi connectivity index (χ4v) is 1.83. The zero-order chi connectivity index (χ0) is 11.5. The summed E-state index contributed by atoms with van der Waals surface area (Å²) >= 11 is 0. The average Bonchev–Trinajstić information content (AvgIpc) is 2.68. The number of hydrogen-bond donors (Lipinski definition) is 1. The Kier molecular flexibility index (Phi) is 3.06. The van der Waals surface area contributed by atoms with Crippen LogP contribution in [0.3, 0.4) is 0 Å². The van der Waals surface area contributed by atoms with E-state index in [9.17, 15) is 0 Å². The summed E-state index contributed by atoms with van der Waals surface area (Å²) in [6.07, 6.45) is 4.22. The van der Waals surface area contributed by atoms with Crippen LogP contribution in [-0.4, -0.2) is 4.98 Å². The Balaban J connectivity index is 2.17. The maximum Gasteiger partial charge on any atom is 0.105 e. The van der Waals surface area contributed by atoms with Crippen molar-refractivity contribution in [2.75, 3.05) is 0 Å². The highest BCUT2D eigenvalue weighted by Crippen LogP contribution is 2.20. The first-order valence-corrected chi connectivity index (χ1v) is 5.38. The molecular weight excluding hydrogens is 200 g/mol. The van der Waals surface area contributed by atoms with Crippen LogP contribution in [-0.2, 0) is 6.42 Å². The van der Waals surface area contributed by atoms with Crippen LogP contribution >= 0.6 is 0 Å². The largest absolute Gasteiger partial charge is 0.469 e. The standard InChI is InChI=1S/C13H16N2O/c1-9-4-3-6-15-13(9)8-12(14)11-5-7-16-10(11)2/h3-7,12H,8,14H2,1-2H3. The zero-order valence-electron chi connectivity index (χ0n) is 9.60. The molecule has 2 N–H and O–H groups in total. The number of pyridine rings is 1. The predicted octanol–water partition coefficient (Wildman–Crippen LogP) is 2.53. The number of nitrogens with two attached hydrogens (primary N) is 1. The van der Waals surface area contributed by atoms with E-state index in [1.54, 1.807) is 12.5 Å². The molecule has 0 bridgehead atoms. The maximum absolute atomic E-state index is 6.14. The van der Waals surface area contributed by atoms with E-state index in [-0.39, 0.29) is 6.04 Å². The van der Waals surface area contributed by atoms with E-state index in [1.807, 2.05) is 19.1 Å². The van der Waals surface area contributed by atoms with Crippen LogP contribution in [0.25, 0.3) is 0 Å². The summed E-state index contributed by atoms with van der Waals surface area (Å²) in [6, 6.07) is 5.87. The molecule has 0 saturated heterocycles. The topological polar surface area (TPSA) is 52.0 Å². The first-order valence-electron chi connectivity index (χ1n) is 5.38. The van der Waals surface area contributed by atoms with E-state index in [0.29, 0.717) is 0 Å². The molecule has 0 aliphatic carbocycles. The van der Waals surface area contributed by atoms with Crippen molar-refractivity contribution >= 4 is 0 Å². The van der Waals surface area contributed by atoms with Gasteiger partial charge in [0.25, 0.3) is 0 Å². The molecule has 16 heavy (non-hydrogen) atoms. The van der Waals surface area contributed by atoms with Crippen molar-refractivity contribution in [2.45, 2.75) is 26.3 Å². The van der Waals surface area contributed by atoms with Gasteiger partial charge in [0.2, 0.25) is 0 Å². The minimum absolute atomic E-state index is 0.0488. The van der Waals surface area contributed by atoms with Gasteiger partial charge in [0, 0.05) is 29.9 Å². The number of rotatable bonds is 3. The monoisotopic (exact) mass is 216 g/mol.